The third-order valence-electron chi connectivity index (χ3n) is 4.88. The first-order chi connectivity index (χ1) is 14.3. The normalized spacial score (nSPS) is 16.8. The lowest BCUT2D eigenvalue weighted by Gasteiger charge is -2.34. The zero-order chi connectivity index (χ0) is 21.7. The Labute approximate surface area is 180 Å². The maximum absolute atomic E-state index is 11.8. The Bertz CT molecular complexity index is 801. The predicted octanol–water partition coefficient (Wildman–Crippen LogP) is 2.10. The van der Waals surface area contributed by atoms with Crippen molar-refractivity contribution in [2.24, 2.45) is 0 Å². The van der Waals surface area contributed by atoms with Crippen LogP contribution in [0.2, 0.25) is 5.15 Å². The molecule has 0 saturated carbocycles. The fraction of sp³-hybridized carbons (Fsp3) is 0.579. The lowest BCUT2D eigenvalue weighted by Crippen LogP contribution is -2.45. The molecule has 2 aliphatic rings. The summed E-state index contributed by atoms with van der Waals surface area (Å²) in [6.07, 6.45) is 1.87. The van der Waals surface area contributed by atoms with E-state index in [-0.39, 0.29) is 29.8 Å². The first kappa shape index (κ1) is 22.1. The number of alkyl carbamates (subject to hydrolysis) is 1. The van der Waals surface area contributed by atoms with Crippen molar-refractivity contribution in [1.29, 1.82) is 0 Å². The molecule has 11 heteroatoms. The molecule has 3 rings (SSSR count). The third-order valence-corrected chi connectivity index (χ3v) is 5.11. The molecule has 0 radical (unpaired) electrons. The number of hydrogen-bond acceptors (Lipinski definition) is 8. The minimum absolute atomic E-state index is 0.0209. The number of pyridine rings is 1. The van der Waals surface area contributed by atoms with Crippen molar-refractivity contribution in [3.05, 3.63) is 50.7 Å². The average Bonchev–Trinajstić information content (AvgIpc) is 3.08. The van der Waals surface area contributed by atoms with Crippen LogP contribution in [-0.4, -0.2) is 76.2 Å². The molecule has 0 bridgehead atoms. The summed E-state index contributed by atoms with van der Waals surface area (Å²) in [7, 11) is 0. The number of aromatic nitrogens is 1. The van der Waals surface area contributed by atoms with Gasteiger partial charge in [-0.3, -0.25) is 15.0 Å². The van der Waals surface area contributed by atoms with Crippen LogP contribution in [0, 0.1) is 10.1 Å². The van der Waals surface area contributed by atoms with Gasteiger partial charge in [0.2, 0.25) is 0 Å². The summed E-state index contributed by atoms with van der Waals surface area (Å²) >= 11 is 5.84. The fourth-order valence-electron chi connectivity index (χ4n) is 3.62. The summed E-state index contributed by atoms with van der Waals surface area (Å²) in [4.78, 5) is 33.2. The van der Waals surface area contributed by atoms with Gasteiger partial charge in [-0.2, -0.15) is 0 Å². The number of rotatable bonds is 8. The molecule has 0 unspecified atom stereocenters. The van der Waals surface area contributed by atoms with Crippen molar-refractivity contribution in [2.45, 2.75) is 32.9 Å². The van der Waals surface area contributed by atoms with E-state index >= 15 is 0 Å². The molecule has 1 N–H and O–H groups in total. The number of ether oxygens (including phenoxy) is 1. The highest BCUT2D eigenvalue weighted by atomic mass is 35.5. The van der Waals surface area contributed by atoms with Gasteiger partial charge in [0, 0.05) is 38.4 Å². The Morgan fingerprint density at radius 2 is 2.20 bits per heavy atom. The molecule has 164 valence electrons. The van der Waals surface area contributed by atoms with Crippen LogP contribution in [0.4, 0.5) is 4.79 Å². The minimum Gasteiger partial charge on any atom is -0.450 e. The third kappa shape index (κ3) is 5.73. The van der Waals surface area contributed by atoms with Crippen LogP contribution in [0.25, 0.3) is 0 Å². The molecule has 2 aliphatic heterocycles. The van der Waals surface area contributed by atoms with Gasteiger partial charge >= 0.3 is 6.09 Å². The Kier molecular flexibility index (Phi) is 7.33. The monoisotopic (exact) mass is 438 g/mol. The number of halogens is 1. The molecule has 30 heavy (non-hydrogen) atoms. The Balaban J connectivity index is 1.59. The van der Waals surface area contributed by atoms with Gasteiger partial charge in [-0.05, 0) is 31.9 Å². The Morgan fingerprint density at radius 3 is 2.87 bits per heavy atom. The molecular formula is C19H27ClN6O4. The largest absolute Gasteiger partial charge is 0.450 e. The molecule has 1 aromatic heterocycles. The lowest BCUT2D eigenvalue weighted by molar-refractivity contribution is -0.433. The second kappa shape index (κ2) is 9.94. The second-order valence-electron chi connectivity index (χ2n) is 7.68. The van der Waals surface area contributed by atoms with E-state index in [9.17, 15) is 14.9 Å². The molecule has 0 aromatic carbocycles. The number of carbonyl (C=O) groups is 1. The summed E-state index contributed by atoms with van der Waals surface area (Å²) in [5.41, 5.74) is 1.15. The summed E-state index contributed by atoms with van der Waals surface area (Å²) in [5, 5.41) is 14.9. The number of fused-ring (bicyclic) bond motifs is 1. The number of carbonyl (C=O) groups excluding carboxylic acids is 1. The molecule has 3 heterocycles. The van der Waals surface area contributed by atoms with Crippen molar-refractivity contribution in [1.82, 2.24) is 25.0 Å². The number of nitrogens with zero attached hydrogens (tertiary/aromatic N) is 5. The summed E-state index contributed by atoms with van der Waals surface area (Å²) in [5.74, 6) is 0.679. The zero-order valence-corrected chi connectivity index (χ0v) is 18.0. The molecule has 0 aliphatic carbocycles. The van der Waals surface area contributed by atoms with Crippen LogP contribution >= 0.6 is 11.6 Å². The quantitative estimate of drug-likeness (QED) is 0.285. The van der Waals surface area contributed by atoms with Crippen molar-refractivity contribution in [3.8, 4) is 0 Å². The van der Waals surface area contributed by atoms with E-state index in [0.717, 1.165) is 12.1 Å². The highest BCUT2D eigenvalue weighted by Gasteiger charge is 2.39. The van der Waals surface area contributed by atoms with E-state index in [2.05, 4.69) is 10.3 Å². The number of hydrogen-bond donors (Lipinski definition) is 1. The van der Waals surface area contributed by atoms with Crippen molar-refractivity contribution in [3.63, 3.8) is 0 Å². The van der Waals surface area contributed by atoms with Gasteiger partial charge in [0.05, 0.1) is 24.7 Å². The van der Waals surface area contributed by atoms with Gasteiger partial charge in [0.1, 0.15) is 5.15 Å². The number of nitrogens with one attached hydrogen (secondary N) is 1. The number of nitro groups is 1. The van der Waals surface area contributed by atoms with Crippen molar-refractivity contribution < 1.29 is 14.5 Å². The second-order valence-corrected chi connectivity index (χ2v) is 8.07. The summed E-state index contributed by atoms with van der Waals surface area (Å²) in [6, 6.07) is 3.63. The van der Waals surface area contributed by atoms with E-state index < -0.39 is 6.09 Å². The van der Waals surface area contributed by atoms with Gasteiger partial charge in [0.15, 0.2) is 5.82 Å². The number of amides is 1. The topological polar surface area (TPSA) is 104 Å². The first-order valence-electron chi connectivity index (χ1n) is 9.97. The highest BCUT2D eigenvalue weighted by molar-refractivity contribution is 6.29. The first-order valence-corrected chi connectivity index (χ1v) is 10.3. The van der Waals surface area contributed by atoms with Gasteiger partial charge in [0.25, 0.3) is 5.70 Å². The van der Waals surface area contributed by atoms with Crippen molar-refractivity contribution in [2.75, 3.05) is 39.5 Å². The molecule has 1 saturated heterocycles. The van der Waals surface area contributed by atoms with Gasteiger partial charge in [-0.1, -0.05) is 17.7 Å². The van der Waals surface area contributed by atoms with E-state index in [4.69, 9.17) is 16.3 Å². The summed E-state index contributed by atoms with van der Waals surface area (Å²) < 4.78 is 5.14. The average molecular weight is 439 g/mol. The smallest absolute Gasteiger partial charge is 0.407 e. The molecule has 0 spiro atoms. The molecular weight excluding hydrogens is 412 g/mol. The van der Waals surface area contributed by atoms with E-state index in [1.807, 2.05) is 34.6 Å². The zero-order valence-electron chi connectivity index (χ0n) is 17.2. The van der Waals surface area contributed by atoms with Crippen LogP contribution in [0.1, 0.15) is 25.8 Å². The standard InChI is InChI=1S/C19H27ClN6O4/c1-14(2)22-19(27)30-9-3-6-23-12-16(26(28)29)18-24(7-8-25(18)13-23)11-15-4-5-17(20)21-10-15/h4-5,10,14H,3,6-9,11-13H2,1-2H3,(H,22,27). The maximum Gasteiger partial charge on any atom is 0.407 e. The lowest BCUT2D eigenvalue weighted by atomic mass is 10.2. The molecule has 1 aromatic rings. The highest BCUT2D eigenvalue weighted by Crippen LogP contribution is 2.29. The fourth-order valence-corrected chi connectivity index (χ4v) is 3.74. The van der Waals surface area contributed by atoms with E-state index in [1.165, 1.54) is 0 Å². The van der Waals surface area contributed by atoms with E-state index in [1.54, 1.807) is 12.3 Å². The van der Waals surface area contributed by atoms with Crippen LogP contribution < -0.4 is 5.32 Å². The molecule has 1 amide bonds. The Hall–Kier alpha value is -2.59. The van der Waals surface area contributed by atoms with Crippen LogP contribution in [0.3, 0.4) is 0 Å². The van der Waals surface area contributed by atoms with Crippen LogP contribution in [0.5, 0.6) is 0 Å². The SMILES string of the molecule is CC(C)NC(=O)OCCCN1CC([N+](=O)[O-])=C2N(Cc3ccc(Cl)nc3)CCN2C1. The maximum atomic E-state index is 11.8. The van der Waals surface area contributed by atoms with Gasteiger partial charge in [-0.15, -0.1) is 0 Å². The van der Waals surface area contributed by atoms with E-state index in [0.29, 0.717) is 43.7 Å². The van der Waals surface area contributed by atoms with Crippen LogP contribution in [0.15, 0.2) is 29.8 Å². The summed E-state index contributed by atoms with van der Waals surface area (Å²) in [6.45, 7) is 7.45. The van der Waals surface area contributed by atoms with Gasteiger partial charge < -0.3 is 19.9 Å². The minimum atomic E-state index is -0.441. The Morgan fingerprint density at radius 1 is 1.40 bits per heavy atom. The molecule has 1 fully saturated rings. The predicted molar refractivity (Wildman–Crippen MR) is 111 cm³/mol. The van der Waals surface area contributed by atoms with Gasteiger partial charge in [-0.25, -0.2) is 9.78 Å². The van der Waals surface area contributed by atoms with Crippen molar-refractivity contribution >= 4 is 17.7 Å². The molecule has 0 atom stereocenters. The van der Waals surface area contributed by atoms with Crippen LogP contribution in [-0.2, 0) is 11.3 Å². The molecule has 10 nitrogen and oxygen atoms in total.